The van der Waals surface area contributed by atoms with E-state index < -0.39 is 4.92 Å². The third-order valence-electron chi connectivity index (χ3n) is 4.46. The van der Waals surface area contributed by atoms with Gasteiger partial charge in [-0.3, -0.25) is 14.9 Å². The molecule has 1 fully saturated rings. The molecular formula is C18H20N2O4. The molecule has 1 aliphatic carbocycles. The van der Waals surface area contributed by atoms with Crippen molar-refractivity contribution in [2.75, 3.05) is 0 Å². The van der Waals surface area contributed by atoms with Crippen LogP contribution >= 0.6 is 0 Å². The third kappa shape index (κ3) is 3.48. The van der Waals surface area contributed by atoms with Gasteiger partial charge in [0.15, 0.2) is 5.76 Å². The highest BCUT2D eigenvalue weighted by atomic mass is 16.6. The van der Waals surface area contributed by atoms with Gasteiger partial charge in [-0.05, 0) is 31.9 Å². The molecule has 0 aliphatic heterocycles. The van der Waals surface area contributed by atoms with Gasteiger partial charge in [0.05, 0.1) is 4.92 Å². The van der Waals surface area contributed by atoms with Crippen molar-refractivity contribution in [2.24, 2.45) is 0 Å². The second-order valence-electron chi connectivity index (χ2n) is 6.23. The molecule has 2 aromatic rings. The van der Waals surface area contributed by atoms with Gasteiger partial charge in [0.2, 0.25) is 0 Å². The Kier molecular flexibility index (Phi) is 4.64. The molecule has 1 aromatic carbocycles. The number of hydrogen-bond acceptors (Lipinski definition) is 4. The zero-order chi connectivity index (χ0) is 17.1. The molecule has 24 heavy (non-hydrogen) atoms. The average molecular weight is 328 g/mol. The van der Waals surface area contributed by atoms with Crippen LogP contribution in [-0.4, -0.2) is 16.9 Å². The van der Waals surface area contributed by atoms with Gasteiger partial charge in [-0.2, -0.15) is 0 Å². The standard InChI is InChI=1S/C18H20N2O4/c1-12-7-8-13(11-15(12)20(22)23)16-9-10-17(24-16)18(21)19-14-5-3-2-4-6-14/h7-11,14H,2-6H2,1H3,(H,19,21). The van der Waals surface area contributed by atoms with Gasteiger partial charge in [0, 0.05) is 23.2 Å². The molecule has 1 heterocycles. The highest BCUT2D eigenvalue weighted by Crippen LogP contribution is 2.28. The fourth-order valence-corrected chi connectivity index (χ4v) is 3.08. The van der Waals surface area contributed by atoms with Crippen LogP contribution in [0.1, 0.15) is 48.2 Å². The van der Waals surface area contributed by atoms with Gasteiger partial charge < -0.3 is 9.73 Å². The number of nitrogens with zero attached hydrogens (tertiary/aromatic N) is 1. The van der Waals surface area contributed by atoms with Crippen LogP contribution in [0.25, 0.3) is 11.3 Å². The predicted octanol–water partition coefficient (Wildman–Crippen LogP) is 4.23. The zero-order valence-corrected chi connectivity index (χ0v) is 13.6. The number of benzene rings is 1. The van der Waals surface area contributed by atoms with Crippen molar-refractivity contribution in [3.8, 4) is 11.3 Å². The maximum atomic E-state index is 12.3. The van der Waals surface area contributed by atoms with Crippen LogP contribution in [0.4, 0.5) is 5.69 Å². The molecule has 1 N–H and O–H groups in total. The van der Waals surface area contributed by atoms with Crippen LogP contribution in [0, 0.1) is 17.0 Å². The molecule has 1 saturated carbocycles. The molecule has 1 amide bonds. The van der Waals surface area contributed by atoms with Crippen LogP contribution in [0.2, 0.25) is 0 Å². The minimum Gasteiger partial charge on any atom is -0.451 e. The molecule has 1 aromatic heterocycles. The van der Waals surface area contributed by atoms with E-state index in [0.29, 0.717) is 16.9 Å². The fourth-order valence-electron chi connectivity index (χ4n) is 3.08. The molecule has 0 atom stereocenters. The summed E-state index contributed by atoms with van der Waals surface area (Å²) in [7, 11) is 0. The Hall–Kier alpha value is -2.63. The van der Waals surface area contributed by atoms with Crippen molar-refractivity contribution in [2.45, 2.75) is 45.1 Å². The monoisotopic (exact) mass is 328 g/mol. The summed E-state index contributed by atoms with van der Waals surface area (Å²) >= 11 is 0. The van der Waals surface area contributed by atoms with Gasteiger partial charge in [-0.25, -0.2) is 0 Å². The lowest BCUT2D eigenvalue weighted by molar-refractivity contribution is -0.385. The summed E-state index contributed by atoms with van der Waals surface area (Å²) in [5.74, 6) is 0.459. The number of nitro benzene ring substituents is 1. The third-order valence-corrected chi connectivity index (χ3v) is 4.46. The summed E-state index contributed by atoms with van der Waals surface area (Å²) < 4.78 is 5.61. The lowest BCUT2D eigenvalue weighted by Crippen LogP contribution is -2.35. The Balaban J connectivity index is 1.76. The molecule has 6 heteroatoms. The lowest BCUT2D eigenvalue weighted by Gasteiger charge is -2.22. The van der Waals surface area contributed by atoms with E-state index in [9.17, 15) is 14.9 Å². The Morgan fingerprint density at radius 1 is 1.21 bits per heavy atom. The van der Waals surface area contributed by atoms with Gasteiger partial charge >= 0.3 is 0 Å². The number of hydrogen-bond donors (Lipinski definition) is 1. The van der Waals surface area contributed by atoms with Crippen LogP contribution < -0.4 is 5.32 Å². The van der Waals surface area contributed by atoms with Gasteiger partial charge in [0.25, 0.3) is 11.6 Å². The number of rotatable bonds is 4. The predicted molar refractivity (Wildman–Crippen MR) is 89.9 cm³/mol. The fraction of sp³-hybridized carbons (Fsp3) is 0.389. The number of nitro groups is 1. The number of aryl methyl sites for hydroxylation is 1. The van der Waals surface area contributed by atoms with Gasteiger partial charge in [0.1, 0.15) is 5.76 Å². The normalized spacial score (nSPS) is 15.2. The van der Waals surface area contributed by atoms with Gasteiger partial charge in [-0.15, -0.1) is 0 Å². The van der Waals surface area contributed by atoms with Crippen LogP contribution in [0.5, 0.6) is 0 Å². The molecule has 1 aliphatic rings. The summed E-state index contributed by atoms with van der Waals surface area (Å²) in [5.41, 5.74) is 1.21. The van der Waals surface area contributed by atoms with Gasteiger partial charge in [-0.1, -0.05) is 31.4 Å². The second kappa shape index (κ2) is 6.86. The Labute approximate surface area is 140 Å². The first-order chi connectivity index (χ1) is 11.5. The molecule has 0 radical (unpaired) electrons. The molecule has 126 valence electrons. The highest BCUT2D eigenvalue weighted by Gasteiger charge is 2.20. The first-order valence-electron chi connectivity index (χ1n) is 8.21. The maximum Gasteiger partial charge on any atom is 0.287 e. The Bertz CT molecular complexity index is 760. The smallest absolute Gasteiger partial charge is 0.287 e. The lowest BCUT2D eigenvalue weighted by atomic mass is 9.95. The minimum absolute atomic E-state index is 0.0390. The van der Waals surface area contributed by atoms with Crippen molar-refractivity contribution in [3.05, 3.63) is 51.8 Å². The summed E-state index contributed by atoms with van der Waals surface area (Å²) in [4.78, 5) is 22.9. The van der Waals surface area contributed by atoms with E-state index in [-0.39, 0.29) is 23.4 Å². The molecule has 0 unspecified atom stereocenters. The topological polar surface area (TPSA) is 85.4 Å². The number of nitrogens with one attached hydrogen (secondary N) is 1. The zero-order valence-electron chi connectivity index (χ0n) is 13.6. The van der Waals surface area contributed by atoms with Crippen molar-refractivity contribution in [1.82, 2.24) is 5.32 Å². The Morgan fingerprint density at radius 3 is 2.67 bits per heavy atom. The molecule has 3 rings (SSSR count). The van der Waals surface area contributed by atoms with Crippen molar-refractivity contribution < 1.29 is 14.1 Å². The summed E-state index contributed by atoms with van der Waals surface area (Å²) in [5, 5.41) is 14.0. The van der Waals surface area contributed by atoms with Crippen LogP contribution in [0.3, 0.4) is 0 Å². The molecule has 0 saturated heterocycles. The number of carbonyl (C=O) groups excluding carboxylic acids is 1. The second-order valence-corrected chi connectivity index (χ2v) is 6.23. The highest BCUT2D eigenvalue weighted by molar-refractivity contribution is 5.92. The Morgan fingerprint density at radius 2 is 1.96 bits per heavy atom. The molecule has 0 spiro atoms. The van der Waals surface area contributed by atoms with E-state index in [1.807, 2.05) is 0 Å². The van der Waals surface area contributed by atoms with Crippen LogP contribution in [-0.2, 0) is 0 Å². The quantitative estimate of drug-likeness (QED) is 0.672. The summed E-state index contributed by atoms with van der Waals surface area (Å²) in [6.45, 7) is 1.69. The average Bonchev–Trinajstić information content (AvgIpc) is 3.06. The van der Waals surface area contributed by atoms with E-state index in [1.54, 1.807) is 31.2 Å². The van der Waals surface area contributed by atoms with Crippen molar-refractivity contribution in [1.29, 1.82) is 0 Å². The van der Waals surface area contributed by atoms with E-state index in [4.69, 9.17) is 4.42 Å². The number of carbonyl (C=O) groups is 1. The van der Waals surface area contributed by atoms with Crippen molar-refractivity contribution in [3.63, 3.8) is 0 Å². The first kappa shape index (κ1) is 16.2. The largest absolute Gasteiger partial charge is 0.451 e. The van der Waals surface area contributed by atoms with E-state index in [2.05, 4.69) is 5.32 Å². The number of amides is 1. The summed E-state index contributed by atoms with van der Waals surface area (Å²) in [6.07, 6.45) is 5.51. The maximum absolute atomic E-state index is 12.3. The van der Waals surface area contributed by atoms with Crippen molar-refractivity contribution >= 4 is 11.6 Å². The van der Waals surface area contributed by atoms with Crippen LogP contribution in [0.15, 0.2) is 34.7 Å². The molecular weight excluding hydrogens is 308 g/mol. The summed E-state index contributed by atoms with van der Waals surface area (Å²) in [6, 6.07) is 8.39. The molecule has 6 nitrogen and oxygen atoms in total. The first-order valence-corrected chi connectivity index (χ1v) is 8.21. The van der Waals surface area contributed by atoms with E-state index in [0.717, 1.165) is 25.7 Å². The van der Waals surface area contributed by atoms with E-state index >= 15 is 0 Å². The molecule has 0 bridgehead atoms. The van der Waals surface area contributed by atoms with E-state index in [1.165, 1.54) is 12.5 Å². The number of furan rings is 1. The SMILES string of the molecule is Cc1ccc(-c2ccc(C(=O)NC3CCCCC3)o2)cc1[N+](=O)[O-]. The minimum atomic E-state index is -0.418.